The van der Waals surface area contributed by atoms with Crippen molar-refractivity contribution < 1.29 is 4.74 Å². The Hall–Kier alpha value is -0.650. The molecule has 1 aromatic heterocycles. The smallest absolute Gasteiger partial charge is 0.138 e. The van der Waals surface area contributed by atoms with Crippen LogP contribution in [0.15, 0.2) is 0 Å². The number of ether oxygens (including phenoxy) is 1. The van der Waals surface area contributed by atoms with E-state index in [2.05, 4.69) is 36.1 Å². The highest BCUT2D eigenvalue weighted by atomic mass is 32.2. The van der Waals surface area contributed by atoms with Crippen LogP contribution in [0.4, 0.5) is 0 Å². The van der Waals surface area contributed by atoms with Crippen molar-refractivity contribution in [1.82, 2.24) is 15.3 Å². The third-order valence-corrected chi connectivity index (χ3v) is 3.56. The predicted octanol–water partition coefficient (Wildman–Crippen LogP) is 2.08. The zero-order valence-electron chi connectivity index (χ0n) is 11.7. The number of hydrogen-bond acceptors (Lipinski definition) is 5. The largest absolute Gasteiger partial charge is 0.383 e. The van der Waals surface area contributed by atoms with Crippen molar-refractivity contribution >= 4 is 11.8 Å². The van der Waals surface area contributed by atoms with Crippen molar-refractivity contribution in [2.75, 3.05) is 26.0 Å². The van der Waals surface area contributed by atoms with Crippen LogP contribution < -0.4 is 5.32 Å². The molecule has 4 nitrogen and oxygen atoms in total. The Labute approximate surface area is 114 Å². The summed E-state index contributed by atoms with van der Waals surface area (Å²) in [7, 11) is 1.71. The summed E-state index contributed by atoms with van der Waals surface area (Å²) >= 11 is 1.85. The van der Waals surface area contributed by atoms with Crippen LogP contribution in [-0.4, -0.2) is 36.0 Å². The van der Waals surface area contributed by atoms with Gasteiger partial charge in [0.05, 0.1) is 12.4 Å². The number of nitrogens with one attached hydrogen (secondary N) is 1. The van der Waals surface area contributed by atoms with Gasteiger partial charge in [0.2, 0.25) is 0 Å². The van der Waals surface area contributed by atoms with Gasteiger partial charge >= 0.3 is 0 Å². The van der Waals surface area contributed by atoms with Crippen molar-refractivity contribution in [1.29, 1.82) is 0 Å². The topological polar surface area (TPSA) is 47.0 Å². The first-order valence-electron chi connectivity index (χ1n) is 6.29. The number of aryl methyl sites for hydroxylation is 2. The number of thioether (sulfide) groups is 1. The highest BCUT2D eigenvalue weighted by Crippen LogP contribution is 2.13. The van der Waals surface area contributed by atoms with Crippen molar-refractivity contribution in [2.24, 2.45) is 0 Å². The summed E-state index contributed by atoms with van der Waals surface area (Å²) in [5.74, 6) is 2.94. The van der Waals surface area contributed by atoms with Gasteiger partial charge in [0.25, 0.3) is 0 Å². The quantitative estimate of drug-likeness (QED) is 0.732. The third kappa shape index (κ3) is 4.92. The van der Waals surface area contributed by atoms with E-state index in [1.54, 1.807) is 7.11 Å². The van der Waals surface area contributed by atoms with E-state index >= 15 is 0 Å². The molecule has 0 aliphatic heterocycles. The van der Waals surface area contributed by atoms with Crippen molar-refractivity contribution in [3.05, 3.63) is 22.8 Å². The van der Waals surface area contributed by atoms with Gasteiger partial charge in [0.15, 0.2) is 0 Å². The van der Waals surface area contributed by atoms with Crippen molar-refractivity contribution in [3.8, 4) is 0 Å². The first-order chi connectivity index (χ1) is 8.69. The molecule has 0 aliphatic carbocycles. The maximum Gasteiger partial charge on any atom is 0.138 e. The van der Waals surface area contributed by atoms with E-state index in [0.29, 0.717) is 0 Å². The van der Waals surface area contributed by atoms with E-state index in [4.69, 9.17) is 4.74 Å². The lowest BCUT2D eigenvalue weighted by atomic mass is 10.1. The normalized spacial score (nSPS) is 10.9. The second kappa shape index (κ2) is 8.45. The molecule has 0 amide bonds. The second-order valence-electron chi connectivity index (χ2n) is 4.10. The minimum Gasteiger partial charge on any atom is -0.383 e. The van der Waals surface area contributed by atoms with Crippen LogP contribution in [0.25, 0.3) is 0 Å². The van der Waals surface area contributed by atoms with E-state index in [0.717, 1.165) is 48.4 Å². The third-order valence-electron chi connectivity index (χ3n) is 2.69. The molecule has 0 fully saturated rings. The lowest BCUT2D eigenvalue weighted by molar-refractivity contribution is 0.199. The molecule has 0 saturated heterocycles. The molecule has 1 N–H and O–H groups in total. The summed E-state index contributed by atoms with van der Waals surface area (Å²) in [6.45, 7) is 8.65. The Balaban J connectivity index is 2.62. The maximum absolute atomic E-state index is 5.01. The minimum atomic E-state index is 0.726. The van der Waals surface area contributed by atoms with Gasteiger partial charge in [-0.3, -0.25) is 0 Å². The van der Waals surface area contributed by atoms with Crippen molar-refractivity contribution in [3.63, 3.8) is 0 Å². The Morgan fingerprint density at radius 2 is 1.89 bits per heavy atom. The fourth-order valence-electron chi connectivity index (χ4n) is 1.71. The molecule has 5 heteroatoms. The highest BCUT2D eigenvalue weighted by molar-refractivity contribution is 7.98. The SMILES string of the molecule is CCSCc1nc(C)c(CNCCOC)c(C)n1. The summed E-state index contributed by atoms with van der Waals surface area (Å²) in [6, 6.07) is 0. The molecule has 18 heavy (non-hydrogen) atoms. The summed E-state index contributed by atoms with van der Waals surface area (Å²) in [5, 5.41) is 3.34. The molecular formula is C13H23N3OS. The molecule has 0 aliphatic rings. The lowest BCUT2D eigenvalue weighted by Gasteiger charge is -2.11. The molecule has 0 bridgehead atoms. The minimum absolute atomic E-state index is 0.726. The average molecular weight is 269 g/mol. The van der Waals surface area contributed by atoms with Crippen LogP contribution in [0.2, 0.25) is 0 Å². The molecule has 0 saturated carbocycles. The van der Waals surface area contributed by atoms with Gasteiger partial charge < -0.3 is 10.1 Å². The first kappa shape index (κ1) is 15.4. The standard InChI is InChI=1S/C13H23N3OS/c1-5-18-9-13-15-10(2)12(11(3)16-13)8-14-6-7-17-4/h14H,5-9H2,1-4H3. The fourth-order valence-corrected chi connectivity index (χ4v) is 2.23. The number of methoxy groups -OCH3 is 1. The summed E-state index contributed by atoms with van der Waals surface area (Å²) in [6.07, 6.45) is 0. The molecule has 102 valence electrons. The van der Waals surface area contributed by atoms with Gasteiger partial charge in [-0.25, -0.2) is 9.97 Å². The van der Waals surface area contributed by atoms with E-state index in [1.807, 2.05) is 11.8 Å². The van der Waals surface area contributed by atoms with Gasteiger partial charge in [-0.05, 0) is 19.6 Å². The zero-order chi connectivity index (χ0) is 13.4. The highest BCUT2D eigenvalue weighted by Gasteiger charge is 2.07. The second-order valence-corrected chi connectivity index (χ2v) is 5.37. The molecular weight excluding hydrogens is 246 g/mol. The van der Waals surface area contributed by atoms with E-state index in [9.17, 15) is 0 Å². The predicted molar refractivity (Wildman–Crippen MR) is 76.9 cm³/mol. The fraction of sp³-hybridized carbons (Fsp3) is 0.692. The summed E-state index contributed by atoms with van der Waals surface area (Å²) < 4.78 is 5.01. The van der Waals surface area contributed by atoms with Gasteiger partial charge in [0.1, 0.15) is 5.82 Å². The Morgan fingerprint density at radius 3 is 2.44 bits per heavy atom. The molecule has 1 heterocycles. The molecule has 0 aromatic carbocycles. The van der Waals surface area contributed by atoms with Crippen molar-refractivity contribution in [2.45, 2.75) is 33.1 Å². The van der Waals surface area contributed by atoms with Gasteiger partial charge in [-0.2, -0.15) is 11.8 Å². The first-order valence-corrected chi connectivity index (χ1v) is 7.44. The van der Waals surface area contributed by atoms with E-state index in [1.165, 1.54) is 5.56 Å². The van der Waals surface area contributed by atoms with Gasteiger partial charge in [-0.15, -0.1) is 0 Å². The number of rotatable bonds is 8. The van der Waals surface area contributed by atoms with E-state index in [-0.39, 0.29) is 0 Å². The van der Waals surface area contributed by atoms with Gasteiger partial charge in [-0.1, -0.05) is 6.92 Å². The zero-order valence-corrected chi connectivity index (χ0v) is 12.6. The van der Waals surface area contributed by atoms with E-state index < -0.39 is 0 Å². The number of hydrogen-bond donors (Lipinski definition) is 1. The Kier molecular flexibility index (Phi) is 7.23. The lowest BCUT2D eigenvalue weighted by Crippen LogP contribution is -2.20. The van der Waals surface area contributed by atoms with Crippen LogP contribution in [0, 0.1) is 13.8 Å². The van der Waals surface area contributed by atoms with Crippen LogP contribution in [0.5, 0.6) is 0 Å². The van der Waals surface area contributed by atoms with Crippen LogP contribution >= 0.6 is 11.8 Å². The molecule has 0 radical (unpaired) electrons. The average Bonchev–Trinajstić information content (AvgIpc) is 2.34. The molecule has 1 rings (SSSR count). The molecule has 0 unspecified atom stereocenters. The monoisotopic (exact) mass is 269 g/mol. The Morgan fingerprint density at radius 1 is 1.22 bits per heavy atom. The number of aromatic nitrogens is 2. The molecule has 1 aromatic rings. The molecule has 0 atom stereocenters. The van der Waals surface area contributed by atoms with Crippen LogP contribution in [-0.2, 0) is 17.0 Å². The summed E-state index contributed by atoms with van der Waals surface area (Å²) in [5.41, 5.74) is 3.37. The van der Waals surface area contributed by atoms with Crippen LogP contribution in [0.3, 0.4) is 0 Å². The number of nitrogens with zero attached hydrogens (tertiary/aromatic N) is 2. The Bertz CT molecular complexity index is 348. The van der Waals surface area contributed by atoms with Crippen LogP contribution in [0.1, 0.15) is 29.7 Å². The summed E-state index contributed by atoms with van der Waals surface area (Å²) in [4.78, 5) is 9.13. The maximum atomic E-state index is 5.01. The molecule has 0 spiro atoms. The van der Waals surface area contributed by atoms with Gasteiger partial charge in [0, 0.05) is 37.2 Å².